The number of hydrogen-bond donors (Lipinski definition) is 1. The van der Waals surface area contributed by atoms with Crippen molar-refractivity contribution in [3.05, 3.63) is 52.7 Å². The van der Waals surface area contributed by atoms with Crippen molar-refractivity contribution >= 4 is 27.4 Å². The van der Waals surface area contributed by atoms with Crippen molar-refractivity contribution < 1.29 is 0 Å². The number of nitrogens with one attached hydrogen (secondary N) is 1. The molecule has 2 atom stereocenters. The van der Waals surface area contributed by atoms with E-state index >= 15 is 0 Å². The van der Waals surface area contributed by atoms with Crippen molar-refractivity contribution in [2.75, 3.05) is 5.32 Å². The fourth-order valence-corrected chi connectivity index (χ4v) is 3.85. The predicted octanol–water partition coefficient (Wildman–Crippen LogP) is 4.53. The Kier molecular flexibility index (Phi) is 3.34. The lowest BCUT2D eigenvalue weighted by molar-refractivity contribution is 0.950. The van der Waals surface area contributed by atoms with Crippen LogP contribution in [0, 0.1) is 6.92 Å². The van der Waals surface area contributed by atoms with Crippen molar-refractivity contribution in [1.29, 1.82) is 0 Å². The molecule has 0 unspecified atom stereocenters. The largest absolute Gasteiger partial charge is 0.366 e. The third-order valence-electron chi connectivity index (χ3n) is 4.22. The maximum absolute atomic E-state index is 4.73. The summed E-state index contributed by atoms with van der Waals surface area (Å²) in [5.41, 5.74) is 1.42. The highest BCUT2D eigenvalue weighted by molar-refractivity contribution is 7.18. The van der Waals surface area contributed by atoms with Gasteiger partial charge in [-0.3, -0.25) is 0 Å². The second-order valence-electron chi connectivity index (χ2n) is 5.92. The van der Waals surface area contributed by atoms with E-state index in [4.69, 9.17) is 4.98 Å². The number of rotatable bonds is 4. The molecule has 1 aliphatic rings. The molecule has 2 aromatic heterocycles. The van der Waals surface area contributed by atoms with Crippen LogP contribution in [0.1, 0.15) is 35.5 Å². The molecule has 4 rings (SSSR count). The SMILES string of the molecule is CCc1nc(N[C@@H]2C[C@H]2c2ccccc2)c2cc(C)sc2n1. The van der Waals surface area contributed by atoms with Gasteiger partial charge in [-0.1, -0.05) is 37.3 Å². The fraction of sp³-hybridized carbons (Fsp3) is 0.333. The summed E-state index contributed by atoms with van der Waals surface area (Å²) in [4.78, 5) is 11.8. The van der Waals surface area contributed by atoms with Gasteiger partial charge in [0.2, 0.25) is 0 Å². The van der Waals surface area contributed by atoms with E-state index < -0.39 is 0 Å². The maximum Gasteiger partial charge on any atom is 0.138 e. The van der Waals surface area contributed by atoms with E-state index in [1.54, 1.807) is 11.3 Å². The van der Waals surface area contributed by atoms with Crippen molar-refractivity contribution in [3.63, 3.8) is 0 Å². The number of aromatic nitrogens is 2. The standard InChI is InChI=1S/C18H19N3S/c1-3-16-20-17(14-9-11(2)22-18(14)21-16)19-15-10-13(15)12-7-5-4-6-8-12/h4-9,13,15H,3,10H2,1-2H3,(H,19,20,21)/t13-,15+/m0/s1. The second kappa shape index (κ2) is 5.36. The Hall–Kier alpha value is -1.94. The zero-order valence-corrected chi connectivity index (χ0v) is 13.7. The molecule has 0 amide bonds. The summed E-state index contributed by atoms with van der Waals surface area (Å²) in [7, 11) is 0. The van der Waals surface area contributed by atoms with Gasteiger partial charge in [-0.05, 0) is 25.0 Å². The van der Waals surface area contributed by atoms with Gasteiger partial charge in [0.05, 0.1) is 5.39 Å². The van der Waals surface area contributed by atoms with Crippen LogP contribution in [0.3, 0.4) is 0 Å². The predicted molar refractivity (Wildman–Crippen MR) is 92.7 cm³/mol. The third-order valence-corrected chi connectivity index (χ3v) is 5.16. The molecule has 112 valence electrons. The number of anilines is 1. The molecular formula is C18H19N3S. The Balaban J connectivity index is 1.62. The summed E-state index contributed by atoms with van der Waals surface area (Å²) in [5, 5.41) is 4.82. The summed E-state index contributed by atoms with van der Waals surface area (Å²) in [6.45, 7) is 4.24. The van der Waals surface area contributed by atoms with Crippen LogP contribution in [0.4, 0.5) is 5.82 Å². The average molecular weight is 309 g/mol. The van der Waals surface area contributed by atoms with E-state index in [0.717, 1.165) is 22.9 Å². The maximum atomic E-state index is 4.73. The van der Waals surface area contributed by atoms with Gasteiger partial charge >= 0.3 is 0 Å². The molecule has 0 radical (unpaired) electrons. The lowest BCUT2D eigenvalue weighted by atomic mass is 10.1. The van der Waals surface area contributed by atoms with Gasteiger partial charge in [0, 0.05) is 23.3 Å². The summed E-state index contributed by atoms with van der Waals surface area (Å²) in [6, 6.07) is 13.4. The highest BCUT2D eigenvalue weighted by atomic mass is 32.1. The molecule has 1 saturated carbocycles. The van der Waals surface area contributed by atoms with Crippen LogP contribution in [0.25, 0.3) is 10.2 Å². The number of thiophene rings is 1. The summed E-state index contributed by atoms with van der Waals surface area (Å²) in [6.07, 6.45) is 2.05. The first-order valence-electron chi connectivity index (χ1n) is 7.83. The van der Waals surface area contributed by atoms with Crippen LogP contribution in [0.15, 0.2) is 36.4 Å². The Morgan fingerprint density at radius 1 is 1.23 bits per heavy atom. The molecule has 1 aromatic carbocycles. The summed E-state index contributed by atoms with van der Waals surface area (Å²) >= 11 is 1.75. The Bertz CT molecular complexity index is 810. The van der Waals surface area contributed by atoms with Crippen LogP contribution in [-0.2, 0) is 6.42 Å². The molecule has 22 heavy (non-hydrogen) atoms. The molecule has 1 N–H and O–H groups in total. The van der Waals surface area contributed by atoms with Gasteiger partial charge < -0.3 is 5.32 Å². The lowest BCUT2D eigenvalue weighted by Gasteiger charge is -2.08. The summed E-state index contributed by atoms with van der Waals surface area (Å²) in [5.74, 6) is 2.54. The molecule has 0 saturated heterocycles. The van der Waals surface area contributed by atoms with Gasteiger partial charge in [-0.25, -0.2) is 9.97 Å². The fourth-order valence-electron chi connectivity index (χ4n) is 2.95. The molecule has 3 aromatic rings. The van der Waals surface area contributed by atoms with Crippen LogP contribution >= 0.6 is 11.3 Å². The van der Waals surface area contributed by atoms with Gasteiger partial charge in [-0.2, -0.15) is 0 Å². The monoisotopic (exact) mass is 309 g/mol. The number of aryl methyl sites for hydroxylation is 2. The van der Waals surface area contributed by atoms with Crippen LogP contribution in [0.5, 0.6) is 0 Å². The van der Waals surface area contributed by atoms with Crippen molar-refractivity contribution in [2.24, 2.45) is 0 Å². The smallest absolute Gasteiger partial charge is 0.138 e. The number of benzene rings is 1. The molecule has 3 nitrogen and oxygen atoms in total. The van der Waals surface area contributed by atoms with E-state index in [1.165, 1.54) is 22.2 Å². The highest BCUT2D eigenvalue weighted by Crippen LogP contribution is 2.43. The zero-order valence-electron chi connectivity index (χ0n) is 12.8. The van der Waals surface area contributed by atoms with E-state index in [1.807, 2.05) is 0 Å². The van der Waals surface area contributed by atoms with E-state index in [-0.39, 0.29) is 0 Å². The average Bonchev–Trinajstić information content (AvgIpc) is 3.20. The van der Waals surface area contributed by atoms with Crippen LogP contribution in [-0.4, -0.2) is 16.0 Å². The molecule has 2 heterocycles. The van der Waals surface area contributed by atoms with Crippen molar-refractivity contribution in [3.8, 4) is 0 Å². The third kappa shape index (κ3) is 2.48. The van der Waals surface area contributed by atoms with Gasteiger partial charge in [0.1, 0.15) is 16.5 Å². The normalized spacial score (nSPS) is 20.3. The molecule has 0 aliphatic heterocycles. The molecule has 1 aliphatic carbocycles. The minimum Gasteiger partial charge on any atom is -0.366 e. The minimum atomic E-state index is 0.491. The first-order valence-corrected chi connectivity index (χ1v) is 8.65. The van der Waals surface area contributed by atoms with E-state index in [2.05, 4.69) is 60.5 Å². The molecule has 4 heteroatoms. The number of fused-ring (bicyclic) bond motifs is 1. The topological polar surface area (TPSA) is 37.8 Å². The molecule has 0 spiro atoms. The Labute approximate surface area is 134 Å². The molecular weight excluding hydrogens is 290 g/mol. The van der Waals surface area contributed by atoms with Crippen molar-refractivity contribution in [1.82, 2.24) is 9.97 Å². The number of nitrogens with zero attached hydrogens (tertiary/aromatic N) is 2. The first-order chi connectivity index (χ1) is 10.7. The van der Waals surface area contributed by atoms with Gasteiger partial charge in [0.15, 0.2) is 0 Å². The highest BCUT2D eigenvalue weighted by Gasteiger charge is 2.38. The summed E-state index contributed by atoms with van der Waals surface area (Å²) < 4.78 is 0. The van der Waals surface area contributed by atoms with Gasteiger partial charge in [-0.15, -0.1) is 11.3 Å². The second-order valence-corrected chi connectivity index (χ2v) is 7.16. The minimum absolute atomic E-state index is 0.491. The van der Waals surface area contributed by atoms with E-state index in [9.17, 15) is 0 Å². The Morgan fingerprint density at radius 3 is 2.82 bits per heavy atom. The molecule has 0 bridgehead atoms. The van der Waals surface area contributed by atoms with Crippen LogP contribution in [0.2, 0.25) is 0 Å². The first kappa shape index (κ1) is 13.7. The van der Waals surface area contributed by atoms with E-state index in [0.29, 0.717) is 12.0 Å². The van der Waals surface area contributed by atoms with Gasteiger partial charge in [0.25, 0.3) is 0 Å². The van der Waals surface area contributed by atoms with Crippen molar-refractivity contribution in [2.45, 2.75) is 38.6 Å². The quantitative estimate of drug-likeness (QED) is 0.769. The molecule has 1 fully saturated rings. The van der Waals surface area contributed by atoms with Crippen LogP contribution < -0.4 is 5.32 Å². The Morgan fingerprint density at radius 2 is 2.05 bits per heavy atom. The number of hydrogen-bond acceptors (Lipinski definition) is 4. The lowest BCUT2D eigenvalue weighted by Crippen LogP contribution is -2.08. The zero-order chi connectivity index (χ0) is 15.1.